The Labute approximate surface area is 127 Å². The molecule has 0 atom stereocenters. The van der Waals surface area contributed by atoms with Crippen molar-refractivity contribution in [1.29, 1.82) is 0 Å². The van der Waals surface area contributed by atoms with Crippen molar-refractivity contribution >= 4 is 33.4 Å². The van der Waals surface area contributed by atoms with E-state index in [1.807, 2.05) is 0 Å². The molecule has 2 aromatic heterocycles. The van der Waals surface area contributed by atoms with Crippen molar-refractivity contribution in [1.82, 2.24) is 9.97 Å². The number of nitrogens with zero attached hydrogens (tertiary/aromatic N) is 3. The molecule has 9 heteroatoms. The van der Waals surface area contributed by atoms with E-state index < -0.39 is 10.9 Å². The predicted molar refractivity (Wildman–Crippen MR) is 77.1 cm³/mol. The molecule has 2 rings (SSSR count). The number of aromatic carboxylic acids is 1. The van der Waals surface area contributed by atoms with Crippen LogP contribution in [0, 0.1) is 10.1 Å². The van der Waals surface area contributed by atoms with Gasteiger partial charge in [-0.1, -0.05) is 0 Å². The highest BCUT2D eigenvalue weighted by molar-refractivity contribution is 9.10. The number of rotatable bonds is 5. The molecule has 21 heavy (non-hydrogen) atoms. The number of carboxylic acids is 1. The number of hydrogen-bond donors (Lipinski definition) is 2. The van der Waals surface area contributed by atoms with Crippen LogP contribution >= 0.6 is 15.9 Å². The van der Waals surface area contributed by atoms with Gasteiger partial charge in [-0.05, 0) is 28.1 Å². The van der Waals surface area contributed by atoms with E-state index in [9.17, 15) is 14.9 Å². The molecule has 0 aliphatic heterocycles. The molecule has 0 bridgehead atoms. The van der Waals surface area contributed by atoms with Crippen LogP contribution in [-0.2, 0) is 6.54 Å². The maximum Gasteiger partial charge on any atom is 0.335 e. The predicted octanol–water partition coefficient (Wildman–Crippen LogP) is 2.46. The summed E-state index contributed by atoms with van der Waals surface area (Å²) in [6.45, 7) is 0.241. The van der Waals surface area contributed by atoms with Crippen molar-refractivity contribution in [2.24, 2.45) is 0 Å². The molecule has 2 N–H and O–H groups in total. The smallest absolute Gasteiger partial charge is 0.335 e. The lowest BCUT2D eigenvalue weighted by atomic mass is 10.2. The highest BCUT2D eigenvalue weighted by atomic mass is 79.9. The van der Waals surface area contributed by atoms with E-state index in [4.69, 9.17) is 5.11 Å². The summed E-state index contributed by atoms with van der Waals surface area (Å²) in [5.41, 5.74) is 0.526. The summed E-state index contributed by atoms with van der Waals surface area (Å²) in [7, 11) is 0. The summed E-state index contributed by atoms with van der Waals surface area (Å²) in [4.78, 5) is 28.9. The minimum atomic E-state index is -1.03. The first kappa shape index (κ1) is 14.9. The zero-order chi connectivity index (χ0) is 15.4. The third-order valence-electron chi connectivity index (χ3n) is 2.54. The Bertz CT molecular complexity index is 707. The van der Waals surface area contributed by atoms with Crippen LogP contribution in [0.4, 0.5) is 11.5 Å². The molecule has 2 heterocycles. The van der Waals surface area contributed by atoms with Gasteiger partial charge in [0, 0.05) is 12.3 Å². The van der Waals surface area contributed by atoms with Crippen LogP contribution in [0.5, 0.6) is 0 Å². The number of anilines is 1. The van der Waals surface area contributed by atoms with Gasteiger partial charge in [0.25, 0.3) is 5.69 Å². The number of hydrogen-bond acceptors (Lipinski definition) is 6. The molecular formula is C12H9BrN4O4. The number of carboxylic acid groups (broad SMARTS) is 1. The zero-order valence-electron chi connectivity index (χ0n) is 10.5. The number of aromatic nitrogens is 2. The molecule has 0 radical (unpaired) electrons. The molecule has 0 saturated carbocycles. The fourth-order valence-electron chi connectivity index (χ4n) is 1.54. The highest BCUT2D eigenvalue weighted by Crippen LogP contribution is 2.24. The maximum absolute atomic E-state index is 10.9. The first-order chi connectivity index (χ1) is 9.97. The molecule has 8 nitrogen and oxygen atoms in total. The van der Waals surface area contributed by atoms with Crippen LogP contribution in [0.25, 0.3) is 0 Å². The first-order valence-corrected chi connectivity index (χ1v) is 6.48. The fraction of sp³-hybridized carbons (Fsp3) is 0.0833. The Balaban J connectivity index is 2.11. The van der Waals surface area contributed by atoms with Gasteiger partial charge in [-0.15, -0.1) is 0 Å². The summed E-state index contributed by atoms with van der Waals surface area (Å²) in [6.07, 6.45) is 2.53. The second-order valence-corrected chi connectivity index (χ2v) is 4.83. The van der Waals surface area contributed by atoms with Crippen LogP contribution in [0.3, 0.4) is 0 Å². The molecule has 0 fully saturated rings. The van der Waals surface area contributed by atoms with Gasteiger partial charge < -0.3 is 10.4 Å². The zero-order valence-corrected chi connectivity index (χ0v) is 12.1. The van der Waals surface area contributed by atoms with Crippen LogP contribution in [0.15, 0.2) is 35.1 Å². The maximum atomic E-state index is 10.9. The Morgan fingerprint density at radius 1 is 1.43 bits per heavy atom. The summed E-state index contributed by atoms with van der Waals surface area (Å²) in [6, 6.07) is 4.16. The highest BCUT2D eigenvalue weighted by Gasteiger charge is 2.11. The van der Waals surface area contributed by atoms with Crippen LogP contribution < -0.4 is 5.32 Å². The summed E-state index contributed by atoms with van der Waals surface area (Å²) < 4.78 is 0.436. The molecule has 0 saturated heterocycles. The lowest BCUT2D eigenvalue weighted by Gasteiger charge is -2.07. The first-order valence-electron chi connectivity index (χ1n) is 5.69. The standard InChI is InChI=1S/C12H9BrN4O4/c13-10-4-9(17(20)21)6-16-11(10)15-5-8-3-7(12(18)19)1-2-14-8/h1-4,6H,5H2,(H,15,16)(H,18,19). The molecule has 0 spiro atoms. The van der Waals surface area contributed by atoms with Gasteiger partial charge in [0.2, 0.25) is 0 Å². The van der Waals surface area contributed by atoms with E-state index in [-0.39, 0.29) is 17.8 Å². The van der Waals surface area contributed by atoms with Crippen molar-refractivity contribution in [3.8, 4) is 0 Å². The van der Waals surface area contributed by atoms with Gasteiger partial charge in [-0.25, -0.2) is 9.78 Å². The van der Waals surface area contributed by atoms with Gasteiger partial charge in [-0.2, -0.15) is 0 Å². The average molecular weight is 353 g/mol. The summed E-state index contributed by atoms with van der Waals surface area (Å²) in [5.74, 6) is -0.628. The molecule has 108 valence electrons. The third kappa shape index (κ3) is 3.72. The van der Waals surface area contributed by atoms with Gasteiger partial charge in [-0.3, -0.25) is 15.1 Å². The largest absolute Gasteiger partial charge is 0.478 e. The molecule has 0 aromatic carbocycles. The topological polar surface area (TPSA) is 118 Å². The summed E-state index contributed by atoms with van der Waals surface area (Å²) >= 11 is 3.18. The van der Waals surface area contributed by atoms with Crippen molar-refractivity contribution in [2.45, 2.75) is 6.54 Å². The monoisotopic (exact) mass is 352 g/mol. The van der Waals surface area contributed by atoms with E-state index in [1.165, 1.54) is 24.4 Å². The Morgan fingerprint density at radius 3 is 2.81 bits per heavy atom. The van der Waals surface area contributed by atoms with E-state index in [1.54, 1.807) is 0 Å². The Hall–Kier alpha value is -2.55. The van der Waals surface area contributed by atoms with Gasteiger partial charge in [0.05, 0.1) is 27.2 Å². The summed E-state index contributed by atoms with van der Waals surface area (Å²) in [5, 5.41) is 22.4. The van der Waals surface area contributed by atoms with Crippen molar-refractivity contribution < 1.29 is 14.8 Å². The van der Waals surface area contributed by atoms with Gasteiger partial charge >= 0.3 is 5.97 Å². The molecule has 0 amide bonds. The molecule has 2 aromatic rings. The second-order valence-electron chi connectivity index (χ2n) is 3.98. The minimum Gasteiger partial charge on any atom is -0.478 e. The number of nitrogens with one attached hydrogen (secondary N) is 1. The average Bonchev–Trinajstić information content (AvgIpc) is 2.46. The number of carbonyl (C=O) groups is 1. The van der Waals surface area contributed by atoms with E-state index in [2.05, 4.69) is 31.2 Å². The van der Waals surface area contributed by atoms with Crippen molar-refractivity contribution in [2.75, 3.05) is 5.32 Å². The SMILES string of the molecule is O=C(O)c1ccnc(CNc2ncc([N+](=O)[O-])cc2Br)c1. The van der Waals surface area contributed by atoms with E-state index in [0.29, 0.717) is 16.0 Å². The molecule has 0 aliphatic rings. The van der Waals surface area contributed by atoms with E-state index in [0.717, 1.165) is 6.20 Å². The van der Waals surface area contributed by atoms with Gasteiger partial charge in [0.15, 0.2) is 0 Å². The Kier molecular flexibility index (Phi) is 4.43. The van der Waals surface area contributed by atoms with Crippen LogP contribution in [0.2, 0.25) is 0 Å². The molecule has 0 aliphatic carbocycles. The third-order valence-corrected chi connectivity index (χ3v) is 3.14. The van der Waals surface area contributed by atoms with Crippen LogP contribution in [0.1, 0.15) is 16.1 Å². The van der Waals surface area contributed by atoms with Crippen LogP contribution in [-0.4, -0.2) is 26.0 Å². The Morgan fingerprint density at radius 2 is 2.19 bits per heavy atom. The number of pyridine rings is 2. The lowest BCUT2D eigenvalue weighted by molar-refractivity contribution is -0.385. The minimum absolute atomic E-state index is 0.126. The van der Waals surface area contributed by atoms with E-state index >= 15 is 0 Å². The molecule has 0 unspecified atom stereocenters. The van der Waals surface area contributed by atoms with Crippen molar-refractivity contribution in [3.05, 3.63) is 56.4 Å². The normalized spacial score (nSPS) is 10.1. The quantitative estimate of drug-likeness (QED) is 0.626. The number of halogens is 1. The second kappa shape index (κ2) is 6.27. The lowest BCUT2D eigenvalue weighted by Crippen LogP contribution is -2.06. The molecular weight excluding hydrogens is 344 g/mol. The van der Waals surface area contributed by atoms with Crippen molar-refractivity contribution in [3.63, 3.8) is 0 Å². The fourth-order valence-corrected chi connectivity index (χ4v) is 2.02. The number of nitro groups is 1. The van der Waals surface area contributed by atoms with Gasteiger partial charge in [0.1, 0.15) is 12.0 Å².